The highest BCUT2D eigenvalue weighted by atomic mass is 19.1. The van der Waals surface area contributed by atoms with Crippen molar-refractivity contribution in [3.8, 4) is 5.75 Å². The molecule has 7 nitrogen and oxygen atoms in total. The molecule has 0 radical (unpaired) electrons. The van der Waals surface area contributed by atoms with Crippen molar-refractivity contribution in [2.24, 2.45) is 0 Å². The number of halogens is 1. The first-order chi connectivity index (χ1) is 16.0. The van der Waals surface area contributed by atoms with Crippen LogP contribution in [0.2, 0.25) is 0 Å². The van der Waals surface area contributed by atoms with E-state index in [1.54, 1.807) is 24.3 Å². The van der Waals surface area contributed by atoms with Crippen molar-refractivity contribution in [1.29, 1.82) is 0 Å². The SMILES string of the molecule is COc1cccc([C@H]2/C(=C(\O)c3ccc(F)cc3)C(=O)C(=O)N2CCCN2CCOCC2)c1. The molecule has 2 aromatic rings. The Kier molecular flexibility index (Phi) is 7.05. The van der Waals surface area contributed by atoms with Crippen LogP contribution in [0.15, 0.2) is 54.1 Å². The molecule has 2 aliphatic rings. The van der Waals surface area contributed by atoms with Gasteiger partial charge in [0.15, 0.2) is 0 Å². The number of rotatable bonds is 7. The summed E-state index contributed by atoms with van der Waals surface area (Å²) in [6, 6.07) is 11.5. The molecule has 2 heterocycles. The lowest BCUT2D eigenvalue weighted by Crippen LogP contribution is -2.38. The quantitative estimate of drug-likeness (QED) is 0.394. The van der Waals surface area contributed by atoms with Gasteiger partial charge in [0.1, 0.15) is 17.3 Å². The number of morpholine rings is 1. The average Bonchev–Trinajstić information content (AvgIpc) is 3.10. The van der Waals surface area contributed by atoms with Crippen molar-refractivity contribution in [2.45, 2.75) is 12.5 Å². The number of likely N-dealkylation sites (tertiary alicyclic amines) is 1. The minimum atomic E-state index is -0.769. The summed E-state index contributed by atoms with van der Waals surface area (Å²) < 4.78 is 24.1. The van der Waals surface area contributed by atoms with Gasteiger partial charge >= 0.3 is 0 Å². The molecule has 4 rings (SSSR count). The summed E-state index contributed by atoms with van der Waals surface area (Å²) in [6.07, 6.45) is 0.671. The Hall–Kier alpha value is -3.23. The number of methoxy groups -OCH3 is 1. The number of amides is 1. The molecule has 0 aromatic heterocycles. The van der Waals surface area contributed by atoms with Gasteiger partial charge in [0.25, 0.3) is 11.7 Å². The molecule has 1 atom stereocenters. The summed E-state index contributed by atoms with van der Waals surface area (Å²) in [7, 11) is 1.54. The number of ether oxygens (including phenoxy) is 2. The second-order valence-corrected chi connectivity index (χ2v) is 8.08. The molecule has 2 fully saturated rings. The van der Waals surface area contributed by atoms with Crippen LogP contribution in [0, 0.1) is 5.82 Å². The first-order valence-corrected chi connectivity index (χ1v) is 11.0. The first kappa shape index (κ1) is 22.9. The summed E-state index contributed by atoms with van der Waals surface area (Å²) in [5.74, 6) is -1.62. The van der Waals surface area contributed by atoms with Crippen molar-refractivity contribution in [2.75, 3.05) is 46.5 Å². The zero-order valence-corrected chi connectivity index (χ0v) is 18.5. The van der Waals surface area contributed by atoms with E-state index in [1.807, 2.05) is 0 Å². The van der Waals surface area contributed by atoms with Gasteiger partial charge in [-0.05, 0) is 48.4 Å². The van der Waals surface area contributed by atoms with Crippen LogP contribution in [0.4, 0.5) is 4.39 Å². The van der Waals surface area contributed by atoms with Crippen molar-refractivity contribution in [3.63, 3.8) is 0 Å². The number of hydrogen-bond acceptors (Lipinski definition) is 6. The molecule has 0 aliphatic carbocycles. The minimum Gasteiger partial charge on any atom is -0.507 e. The smallest absolute Gasteiger partial charge is 0.295 e. The number of aliphatic hydroxyl groups excluding tert-OH is 1. The molecular formula is C25H27FN2O5. The summed E-state index contributed by atoms with van der Waals surface area (Å²) in [5.41, 5.74) is 0.922. The van der Waals surface area contributed by atoms with Crippen LogP contribution in [-0.4, -0.2) is 73.1 Å². The Labute approximate surface area is 192 Å². The third-order valence-corrected chi connectivity index (χ3v) is 6.04. The molecule has 2 saturated heterocycles. The monoisotopic (exact) mass is 454 g/mol. The topological polar surface area (TPSA) is 79.3 Å². The number of aliphatic hydroxyl groups is 1. The lowest BCUT2D eigenvalue weighted by molar-refractivity contribution is -0.140. The molecule has 2 aliphatic heterocycles. The van der Waals surface area contributed by atoms with E-state index >= 15 is 0 Å². The van der Waals surface area contributed by atoms with Crippen LogP contribution in [0.1, 0.15) is 23.6 Å². The Morgan fingerprint density at radius 2 is 1.85 bits per heavy atom. The number of carbonyl (C=O) groups excluding carboxylic acids is 2. The molecular weight excluding hydrogens is 427 g/mol. The van der Waals surface area contributed by atoms with Crippen LogP contribution < -0.4 is 4.74 Å². The zero-order valence-electron chi connectivity index (χ0n) is 18.5. The van der Waals surface area contributed by atoms with Gasteiger partial charge in [-0.1, -0.05) is 12.1 Å². The number of nitrogens with zero attached hydrogens (tertiary/aromatic N) is 2. The van der Waals surface area contributed by atoms with E-state index < -0.39 is 23.5 Å². The number of benzene rings is 2. The highest BCUT2D eigenvalue weighted by molar-refractivity contribution is 6.46. The number of hydrogen-bond donors (Lipinski definition) is 1. The molecule has 2 aromatic carbocycles. The highest BCUT2D eigenvalue weighted by Gasteiger charge is 2.45. The summed E-state index contributed by atoms with van der Waals surface area (Å²) >= 11 is 0. The molecule has 33 heavy (non-hydrogen) atoms. The molecule has 1 amide bonds. The van der Waals surface area contributed by atoms with E-state index in [-0.39, 0.29) is 16.9 Å². The van der Waals surface area contributed by atoms with E-state index in [0.717, 1.165) is 19.6 Å². The second kappa shape index (κ2) is 10.1. The lowest BCUT2D eigenvalue weighted by Gasteiger charge is -2.29. The Bertz CT molecular complexity index is 1050. The third-order valence-electron chi connectivity index (χ3n) is 6.04. The van der Waals surface area contributed by atoms with Crippen LogP contribution in [0.5, 0.6) is 5.75 Å². The lowest BCUT2D eigenvalue weighted by atomic mass is 9.95. The largest absolute Gasteiger partial charge is 0.507 e. The van der Waals surface area contributed by atoms with Crippen LogP contribution in [0.3, 0.4) is 0 Å². The minimum absolute atomic E-state index is 0.00812. The molecule has 0 spiro atoms. The number of carbonyl (C=O) groups is 2. The van der Waals surface area contributed by atoms with Crippen molar-refractivity contribution < 1.29 is 28.6 Å². The van der Waals surface area contributed by atoms with Crippen LogP contribution in [-0.2, 0) is 14.3 Å². The standard InChI is InChI=1S/C25H27FN2O5/c1-32-20-5-2-4-18(16-20)22-21(23(29)17-6-8-19(26)9-7-17)24(30)25(31)28(22)11-3-10-27-12-14-33-15-13-27/h2,4-9,16,22,29H,3,10-15H2,1H3/b23-21+/t22-/m0/s1. The van der Waals surface area contributed by atoms with Crippen molar-refractivity contribution in [1.82, 2.24) is 9.80 Å². The Morgan fingerprint density at radius 1 is 1.12 bits per heavy atom. The molecule has 8 heteroatoms. The van der Waals surface area contributed by atoms with Gasteiger partial charge in [-0.25, -0.2) is 4.39 Å². The fraction of sp³-hybridized carbons (Fsp3) is 0.360. The average molecular weight is 454 g/mol. The predicted octanol–water partition coefficient (Wildman–Crippen LogP) is 2.98. The van der Waals surface area contributed by atoms with Gasteiger partial charge in [-0.3, -0.25) is 14.5 Å². The van der Waals surface area contributed by atoms with Gasteiger partial charge in [0.2, 0.25) is 0 Å². The fourth-order valence-electron chi connectivity index (χ4n) is 4.32. The highest BCUT2D eigenvalue weighted by Crippen LogP contribution is 2.40. The van der Waals surface area contributed by atoms with Crippen LogP contribution in [0.25, 0.3) is 5.76 Å². The van der Waals surface area contributed by atoms with Gasteiger partial charge in [0, 0.05) is 31.7 Å². The maximum atomic E-state index is 13.4. The van der Waals surface area contributed by atoms with Crippen molar-refractivity contribution in [3.05, 3.63) is 71.0 Å². The van der Waals surface area contributed by atoms with Crippen molar-refractivity contribution >= 4 is 17.4 Å². The van der Waals surface area contributed by atoms with E-state index in [0.29, 0.717) is 37.5 Å². The van der Waals surface area contributed by atoms with E-state index in [4.69, 9.17) is 9.47 Å². The Morgan fingerprint density at radius 3 is 2.55 bits per heavy atom. The molecule has 1 N–H and O–H groups in total. The van der Waals surface area contributed by atoms with E-state index in [2.05, 4.69) is 4.90 Å². The summed E-state index contributed by atoms with van der Waals surface area (Å²) in [5, 5.41) is 11.0. The molecule has 0 saturated carbocycles. The molecule has 0 unspecified atom stereocenters. The predicted molar refractivity (Wildman–Crippen MR) is 120 cm³/mol. The normalized spacial score (nSPS) is 20.9. The van der Waals surface area contributed by atoms with Gasteiger partial charge in [-0.15, -0.1) is 0 Å². The summed E-state index contributed by atoms with van der Waals surface area (Å²) in [6.45, 7) is 4.17. The zero-order chi connectivity index (χ0) is 23.4. The summed E-state index contributed by atoms with van der Waals surface area (Å²) in [4.78, 5) is 29.9. The Balaban J connectivity index is 1.68. The van der Waals surface area contributed by atoms with Gasteiger partial charge < -0.3 is 19.5 Å². The van der Waals surface area contributed by atoms with Gasteiger partial charge in [-0.2, -0.15) is 0 Å². The third kappa shape index (κ3) is 4.91. The van der Waals surface area contributed by atoms with E-state index in [1.165, 1.54) is 36.3 Å². The number of ketones is 1. The fourth-order valence-corrected chi connectivity index (χ4v) is 4.32. The first-order valence-electron chi connectivity index (χ1n) is 11.0. The second-order valence-electron chi connectivity index (χ2n) is 8.08. The maximum absolute atomic E-state index is 13.4. The van der Waals surface area contributed by atoms with Crippen LogP contribution >= 0.6 is 0 Å². The molecule has 0 bridgehead atoms. The molecule has 174 valence electrons. The maximum Gasteiger partial charge on any atom is 0.295 e. The van der Waals surface area contributed by atoms with Gasteiger partial charge in [0.05, 0.1) is 31.9 Å². The number of Topliss-reactive ketones (excluding diaryl/α,β-unsaturated/α-hetero) is 1. The van der Waals surface area contributed by atoms with E-state index in [9.17, 15) is 19.1 Å².